The highest BCUT2D eigenvalue weighted by Gasteiger charge is 2.21. The maximum Gasteiger partial charge on any atom is 0.223 e. The van der Waals surface area contributed by atoms with Crippen molar-refractivity contribution in [3.8, 4) is 0 Å². The van der Waals surface area contributed by atoms with Crippen LogP contribution in [0.25, 0.3) is 0 Å². The Bertz CT molecular complexity index is 716. The standard InChI is InChI=1S/C24H36N2O2/c1-20(17-24(2,3)4)16-23(27)26(14-15-28-5)19-22-12-9-13-25(22)18-21-10-7-6-8-11-21/h6-13,20H,14-19H2,1-5H3/t20-/m0/s1. The van der Waals surface area contributed by atoms with E-state index in [1.165, 1.54) is 5.56 Å². The third-order valence-electron chi connectivity index (χ3n) is 4.87. The highest BCUT2D eigenvalue weighted by atomic mass is 16.5. The van der Waals surface area contributed by atoms with Crippen molar-refractivity contribution in [3.05, 3.63) is 59.9 Å². The molecule has 0 aliphatic heterocycles. The summed E-state index contributed by atoms with van der Waals surface area (Å²) in [5.41, 5.74) is 2.65. The van der Waals surface area contributed by atoms with Crippen molar-refractivity contribution >= 4 is 5.91 Å². The molecule has 0 bridgehead atoms. The average molecular weight is 385 g/mol. The van der Waals surface area contributed by atoms with Gasteiger partial charge in [-0.3, -0.25) is 4.79 Å². The Labute approximate surface area is 170 Å². The number of benzene rings is 1. The molecular formula is C24H36N2O2. The first-order valence-electron chi connectivity index (χ1n) is 10.2. The molecule has 4 heteroatoms. The van der Waals surface area contributed by atoms with E-state index in [0.29, 0.717) is 32.0 Å². The molecule has 0 aliphatic rings. The molecule has 0 spiro atoms. The highest BCUT2D eigenvalue weighted by Crippen LogP contribution is 2.26. The van der Waals surface area contributed by atoms with E-state index in [9.17, 15) is 4.79 Å². The van der Waals surface area contributed by atoms with Crippen LogP contribution in [0.3, 0.4) is 0 Å². The fourth-order valence-corrected chi connectivity index (χ4v) is 3.76. The summed E-state index contributed by atoms with van der Waals surface area (Å²) in [7, 11) is 1.68. The first-order chi connectivity index (χ1) is 13.3. The Kier molecular flexibility index (Phi) is 8.31. The zero-order chi connectivity index (χ0) is 20.6. The molecule has 0 saturated carbocycles. The Morgan fingerprint density at radius 2 is 1.86 bits per heavy atom. The Hall–Kier alpha value is -2.07. The summed E-state index contributed by atoms with van der Waals surface area (Å²) >= 11 is 0. The molecule has 1 amide bonds. The van der Waals surface area contributed by atoms with E-state index in [0.717, 1.165) is 18.7 Å². The number of ether oxygens (including phenoxy) is 1. The quantitative estimate of drug-likeness (QED) is 0.579. The van der Waals surface area contributed by atoms with Gasteiger partial charge in [0.15, 0.2) is 0 Å². The van der Waals surface area contributed by atoms with Crippen LogP contribution in [0.2, 0.25) is 0 Å². The Balaban J connectivity index is 2.05. The summed E-state index contributed by atoms with van der Waals surface area (Å²) in [5.74, 6) is 0.579. The molecule has 2 rings (SSSR count). The van der Waals surface area contributed by atoms with E-state index in [4.69, 9.17) is 4.74 Å². The number of hydrogen-bond donors (Lipinski definition) is 0. The number of rotatable bonds is 10. The molecule has 0 aliphatic carbocycles. The summed E-state index contributed by atoms with van der Waals surface area (Å²) in [5, 5.41) is 0. The van der Waals surface area contributed by atoms with Gasteiger partial charge in [-0.05, 0) is 35.4 Å². The molecular weight excluding hydrogens is 348 g/mol. The van der Waals surface area contributed by atoms with E-state index < -0.39 is 0 Å². The number of methoxy groups -OCH3 is 1. The van der Waals surface area contributed by atoms with Crippen LogP contribution >= 0.6 is 0 Å². The second kappa shape index (κ2) is 10.5. The zero-order valence-corrected chi connectivity index (χ0v) is 18.1. The first-order valence-corrected chi connectivity index (χ1v) is 10.2. The topological polar surface area (TPSA) is 34.5 Å². The molecule has 28 heavy (non-hydrogen) atoms. The zero-order valence-electron chi connectivity index (χ0n) is 18.1. The maximum atomic E-state index is 13.0. The summed E-state index contributed by atoms with van der Waals surface area (Å²) in [6.45, 7) is 11.5. The van der Waals surface area contributed by atoms with E-state index >= 15 is 0 Å². The number of carbonyl (C=O) groups is 1. The summed E-state index contributed by atoms with van der Waals surface area (Å²) in [6.07, 6.45) is 3.71. The van der Waals surface area contributed by atoms with E-state index in [-0.39, 0.29) is 11.3 Å². The second-order valence-corrected chi connectivity index (χ2v) is 9.00. The molecule has 1 heterocycles. The van der Waals surface area contributed by atoms with Gasteiger partial charge in [0.1, 0.15) is 0 Å². The van der Waals surface area contributed by atoms with Crippen molar-refractivity contribution in [1.29, 1.82) is 0 Å². The van der Waals surface area contributed by atoms with Gasteiger partial charge >= 0.3 is 0 Å². The largest absolute Gasteiger partial charge is 0.383 e. The molecule has 0 saturated heterocycles. The van der Waals surface area contributed by atoms with Gasteiger partial charge in [-0.1, -0.05) is 58.0 Å². The molecule has 1 aromatic heterocycles. The molecule has 0 fully saturated rings. The fourth-order valence-electron chi connectivity index (χ4n) is 3.76. The molecule has 154 valence electrons. The van der Waals surface area contributed by atoms with Crippen LogP contribution in [0, 0.1) is 11.3 Å². The molecule has 1 aromatic carbocycles. The van der Waals surface area contributed by atoms with Crippen molar-refractivity contribution in [1.82, 2.24) is 9.47 Å². The van der Waals surface area contributed by atoms with Gasteiger partial charge in [0.2, 0.25) is 5.91 Å². The Morgan fingerprint density at radius 3 is 2.50 bits per heavy atom. The van der Waals surface area contributed by atoms with Crippen LogP contribution in [0.1, 0.15) is 51.8 Å². The number of hydrogen-bond acceptors (Lipinski definition) is 2. The van der Waals surface area contributed by atoms with Crippen molar-refractivity contribution in [3.63, 3.8) is 0 Å². The molecule has 1 atom stereocenters. The van der Waals surface area contributed by atoms with Gasteiger partial charge in [-0.25, -0.2) is 0 Å². The molecule has 4 nitrogen and oxygen atoms in total. The van der Waals surface area contributed by atoms with Crippen LogP contribution in [0.4, 0.5) is 0 Å². The van der Waals surface area contributed by atoms with Crippen molar-refractivity contribution in [2.45, 2.75) is 53.6 Å². The number of carbonyl (C=O) groups excluding carboxylic acids is 1. The van der Waals surface area contributed by atoms with E-state index in [1.807, 2.05) is 11.0 Å². The summed E-state index contributed by atoms with van der Waals surface area (Å²) < 4.78 is 7.48. The van der Waals surface area contributed by atoms with Crippen LogP contribution in [-0.4, -0.2) is 35.6 Å². The predicted octanol–water partition coefficient (Wildman–Crippen LogP) is 4.97. The van der Waals surface area contributed by atoms with E-state index in [2.05, 4.69) is 74.9 Å². The summed E-state index contributed by atoms with van der Waals surface area (Å²) in [4.78, 5) is 14.9. The van der Waals surface area contributed by atoms with Crippen LogP contribution in [-0.2, 0) is 22.6 Å². The third-order valence-corrected chi connectivity index (χ3v) is 4.87. The predicted molar refractivity (Wildman–Crippen MR) is 115 cm³/mol. The van der Waals surface area contributed by atoms with Gasteiger partial charge in [-0.2, -0.15) is 0 Å². The van der Waals surface area contributed by atoms with Crippen LogP contribution < -0.4 is 0 Å². The lowest BCUT2D eigenvalue weighted by Gasteiger charge is -2.27. The normalized spacial score (nSPS) is 12.8. The van der Waals surface area contributed by atoms with Gasteiger partial charge < -0.3 is 14.2 Å². The minimum absolute atomic E-state index is 0.210. The van der Waals surface area contributed by atoms with Crippen LogP contribution in [0.15, 0.2) is 48.7 Å². The minimum Gasteiger partial charge on any atom is -0.383 e. The monoisotopic (exact) mass is 384 g/mol. The minimum atomic E-state index is 0.210. The number of amides is 1. The fraction of sp³-hybridized carbons (Fsp3) is 0.542. The second-order valence-electron chi connectivity index (χ2n) is 9.00. The van der Waals surface area contributed by atoms with Crippen molar-refractivity contribution in [2.24, 2.45) is 11.3 Å². The third kappa shape index (κ3) is 7.51. The molecule has 0 radical (unpaired) electrons. The van der Waals surface area contributed by atoms with Gasteiger partial charge in [0.25, 0.3) is 0 Å². The van der Waals surface area contributed by atoms with Gasteiger partial charge in [-0.15, -0.1) is 0 Å². The number of aromatic nitrogens is 1. The van der Waals surface area contributed by atoms with E-state index in [1.54, 1.807) is 7.11 Å². The lowest BCUT2D eigenvalue weighted by atomic mass is 9.84. The summed E-state index contributed by atoms with van der Waals surface area (Å²) in [6, 6.07) is 14.6. The highest BCUT2D eigenvalue weighted by molar-refractivity contribution is 5.76. The van der Waals surface area contributed by atoms with Crippen molar-refractivity contribution < 1.29 is 9.53 Å². The van der Waals surface area contributed by atoms with Crippen molar-refractivity contribution in [2.75, 3.05) is 20.3 Å². The molecule has 0 unspecified atom stereocenters. The first kappa shape index (κ1) is 22.2. The molecule has 2 aromatic rings. The van der Waals surface area contributed by atoms with Gasteiger partial charge in [0, 0.05) is 38.5 Å². The maximum absolute atomic E-state index is 13.0. The lowest BCUT2D eigenvalue weighted by molar-refractivity contribution is -0.133. The average Bonchev–Trinajstić information content (AvgIpc) is 3.04. The van der Waals surface area contributed by atoms with Crippen LogP contribution in [0.5, 0.6) is 0 Å². The number of nitrogens with zero attached hydrogens (tertiary/aromatic N) is 2. The van der Waals surface area contributed by atoms with Gasteiger partial charge in [0.05, 0.1) is 13.2 Å². The SMILES string of the molecule is COCCN(Cc1cccn1Cc1ccccc1)C(=O)C[C@H](C)CC(C)(C)C. The smallest absolute Gasteiger partial charge is 0.223 e. The Morgan fingerprint density at radius 1 is 1.14 bits per heavy atom. The molecule has 0 N–H and O–H groups in total. The lowest BCUT2D eigenvalue weighted by Crippen LogP contribution is -2.35.